The first kappa shape index (κ1) is 15.1. The van der Waals surface area contributed by atoms with Crippen LogP contribution in [0.4, 0.5) is 11.5 Å². The Labute approximate surface area is 130 Å². The van der Waals surface area contributed by atoms with E-state index in [0.717, 1.165) is 0 Å². The van der Waals surface area contributed by atoms with Gasteiger partial charge in [0.05, 0.1) is 10.6 Å². The van der Waals surface area contributed by atoms with Crippen LogP contribution in [0.2, 0.25) is 5.02 Å². The quantitative estimate of drug-likeness (QED) is 0.858. The SMILES string of the molecule is CNc1cc(S(=O)(=O)Nc2ccc(Cl)cc2Br)ccn1. The lowest BCUT2D eigenvalue weighted by Gasteiger charge is -2.10. The van der Waals surface area contributed by atoms with E-state index in [0.29, 0.717) is 21.0 Å². The lowest BCUT2D eigenvalue weighted by Crippen LogP contribution is -2.13. The number of halogens is 2. The minimum atomic E-state index is -3.68. The monoisotopic (exact) mass is 375 g/mol. The van der Waals surface area contributed by atoms with Crippen LogP contribution in [0.1, 0.15) is 0 Å². The third-order valence-electron chi connectivity index (χ3n) is 2.47. The summed E-state index contributed by atoms with van der Waals surface area (Å²) in [6, 6.07) is 7.68. The molecule has 20 heavy (non-hydrogen) atoms. The number of hydrogen-bond acceptors (Lipinski definition) is 4. The number of pyridine rings is 1. The van der Waals surface area contributed by atoms with E-state index < -0.39 is 10.0 Å². The highest BCUT2D eigenvalue weighted by Crippen LogP contribution is 2.28. The molecular weight excluding hydrogens is 366 g/mol. The highest BCUT2D eigenvalue weighted by molar-refractivity contribution is 9.10. The summed E-state index contributed by atoms with van der Waals surface area (Å²) in [4.78, 5) is 4.10. The van der Waals surface area contributed by atoms with Gasteiger partial charge in [-0.3, -0.25) is 4.72 Å². The van der Waals surface area contributed by atoms with Crippen molar-refractivity contribution < 1.29 is 8.42 Å². The van der Waals surface area contributed by atoms with Crippen molar-refractivity contribution in [1.29, 1.82) is 0 Å². The maximum atomic E-state index is 12.3. The van der Waals surface area contributed by atoms with Crippen LogP contribution in [0.25, 0.3) is 0 Å². The van der Waals surface area contributed by atoms with E-state index in [9.17, 15) is 8.42 Å². The summed E-state index contributed by atoms with van der Waals surface area (Å²) in [5, 5.41) is 3.31. The third kappa shape index (κ3) is 3.41. The molecule has 0 aliphatic heterocycles. The van der Waals surface area contributed by atoms with E-state index in [4.69, 9.17) is 11.6 Å². The minimum Gasteiger partial charge on any atom is -0.373 e. The fourth-order valence-corrected chi connectivity index (χ4v) is 3.50. The van der Waals surface area contributed by atoms with E-state index in [1.807, 2.05) is 0 Å². The fraction of sp³-hybridized carbons (Fsp3) is 0.0833. The first-order valence-corrected chi connectivity index (χ1v) is 8.19. The predicted molar refractivity (Wildman–Crippen MR) is 83.7 cm³/mol. The van der Waals surface area contributed by atoms with Crippen molar-refractivity contribution in [2.75, 3.05) is 17.1 Å². The van der Waals surface area contributed by atoms with E-state index in [1.165, 1.54) is 18.3 Å². The summed E-state index contributed by atoms with van der Waals surface area (Å²) >= 11 is 9.09. The number of nitrogens with one attached hydrogen (secondary N) is 2. The van der Waals surface area contributed by atoms with Crippen LogP contribution in [-0.2, 0) is 10.0 Å². The lowest BCUT2D eigenvalue weighted by atomic mass is 10.3. The smallest absolute Gasteiger partial charge is 0.262 e. The molecule has 2 aromatic rings. The van der Waals surface area contributed by atoms with Gasteiger partial charge in [-0.2, -0.15) is 0 Å². The second-order valence-electron chi connectivity index (χ2n) is 3.86. The molecule has 0 radical (unpaired) electrons. The van der Waals surface area contributed by atoms with Gasteiger partial charge in [0, 0.05) is 28.8 Å². The Morgan fingerprint density at radius 3 is 2.65 bits per heavy atom. The molecule has 0 saturated carbocycles. The molecule has 0 unspecified atom stereocenters. The second kappa shape index (κ2) is 5.99. The Morgan fingerprint density at radius 1 is 1.25 bits per heavy atom. The Morgan fingerprint density at radius 2 is 2.00 bits per heavy atom. The number of nitrogens with zero attached hydrogens (tertiary/aromatic N) is 1. The highest BCUT2D eigenvalue weighted by Gasteiger charge is 2.16. The topological polar surface area (TPSA) is 71.1 Å². The summed E-state index contributed by atoms with van der Waals surface area (Å²) in [5.41, 5.74) is 0.414. The van der Waals surface area contributed by atoms with Gasteiger partial charge in [0.2, 0.25) is 0 Å². The molecule has 8 heteroatoms. The van der Waals surface area contributed by atoms with Gasteiger partial charge >= 0.3 is 0 Å². The molecule has 5 nitrogen and oxygen atoms in total. The number of rotatable bonds is 4. The number of sulfonamides is 1. The zero-order valence-electron chi connectivity index (χ0n) is 10.4. The van der Waals surface area contributed by atoms with Crippen molar-refractivity contribution in [3.05, 3.63) is 46.0 Å². The van der Waals surface area contributed by atoms with Crippen molar-refractivity contribution in [2.24, 2.45) is 0 Å². The molecule has 0 aliphatic rings. The number of benzene rings is 1. The molecular formula is C12H11BrClN3O2S. The summed E-state index contributed by atoms with van der Waals surface area (Å²) < 4.78 is 27.6. The molecule has 0 fully saturated rings. The molecule has 0 saturated heterocycles. The van der Waals surface area contributed by atoms with Crippen molar-refractivity contribution in [2.45, 2.75) is 4.90 Å². The molecule has 1 aromatic heterocycles. The van der Waals surface area contributed by atoms with Crippen molar-refractivity contribution >= 4 is 49.1 Å². The largest absolute Gasteiger partial charge is 0.373 e. The summed E-state index contributed by atoms with van der Waals surface area (Å²) in [6.45, 7) is 0. The van der Waals surface area contributed by atoms with Crippen LogP contribution in [0.5, 0.6) is 0 Å². The molecule has 0 amide bonds. The van der Waals surface area contributed by atoms with Gasteiger partial charge < -0.3 is 5.32 Å². The normalized spacial score (nSPS) is 11.2. The van der Waals surface area contributed by atoms with Crippen molar-refractivity contribution in [1.82, 2.24) is 4.98 Å². The van der Waals surface area contributed by atoms with Crippen molar-refractivity contribution in [3.63, 3.8) is 0 Å². The van der Waals surface area contributed by atoms with Gasteiger partial charge in [-0.25, -0.2) is 13.4 Å². The third-order valence-corrected chi connectivity index (χ3v) is 4.73. The van der Waals surface area contributed by atoms with Crippen molar-refractivity contribution in [3.8, 4) is 0 Å². The van der Waals surface area contributed by atoms with Crippen LogP contribution >= 0.6 is 27.5 Å². The molecule has 1 heterocycles. The Balaban J connectivity index is 2.35. The Bertz CT molecular complexity index is 737. The molecule has 0 aliphatic carbocycles. The molecule has 2 rings (SSSR count). The fourth-order valence-electron chi connectivity index (χ4n) is 1.49. The van der Waals surface area contributed by atoms with Crippen LogP contribution in [0.3, 0.4) is 0 Å². The molecule has 106 valence electrons. The molecule has 0 spiro atoms. The Kier molecular flexibility index (Phi) is 4.52. The zero-order valence-corrected chi connectivity index (χ0v) is 13.6. The lowest BCUT2D eigenvalue weighted by molar-refractivity contribution is 0.601. The van der Waals surface area contributed by atoms with E-state index >= 15 is 0 Å². The molecule has 2 N–H and O–H groups in total. The van der Waals surface area contributed by atoms with Crippen LogP contribution in [-0.4, -0.2) is 20.4 Å². The number of anilines is 2. The first-order valence-electron chi connectivity index (χ1n) is 5.54. The standard InChI is InChI=1S/C12H11BrClN3O2S/c1-15-12-7-9(4-5-16-12)20(18,19)17-11-3-2-8(14)6-10(11)13/h2-7,17H,1H3,(H,15,16). The first-order chi connectivity index (χ1) is 9.42. The maximum Gasteiger partial charge on any atom is 0.262 e. The summed E-state index contributed by atoms with van der Waals surface area (Å²) in [6.07, 6.45) is 1.43. The van der Waals surface area contributed by atoms with E-state index in [-0.39, 0.29) is 4.90 Å². The van der Waals surface area contributed by atoms with Crippen LogP contribution in [0.15, 0.2) is 45.9 Å². The Hall–Kier alpha value is -1.31. The van der Waals surface area contributed by atoms with Gasteiger partial charge in [0.15, 0.2) is 0 Å². The summed E-state index contributed by atoms with van der Waals surface area (Å²) in [5.74, 6) is 0.475. The van der Waals surface area contributed by atoms with Gasteiger partial charge in [-0.1, -0.05) is 11.6 Å². The average molecular weight is 377 g/mol. The average Bonchev–Trinajstić information content (AvgIpc) is 2.42. The van der Waals surface area contributed by atoms with E-state index in [2.05, 4.69) is 31.0 Å². The van der Waals surface area contributed by atoms with Gasteiger partial charge in [0.25, 0.3) is 10.0 Å². The molecule has 0 bridgehead atoms. The zero-order chi connectivity index (χ0) is 14.8. The number of hydrogen-bond donors (Lipinski definition) is 2. The van der Waals surface area contributed by atoms with Gasteiger partial charge in [-0.15, -0.1) is 0 Å². The van der Waals surface area contributed by atoms with Crippen LogP contribution in [0, 0.1) is 0 Å². The highest BCUT2D eigenvalue weighted by atomic mass is 79.9. The predicted octanol–water partition coefficient (Wildman–Crippen LogP) is 3.34. The van der Waals surface area contributed by atoms with Crippen LogP contribution < -0.4 is 10.0 Å². The maximum absolute atomic E-state index is 12.3. The number of aromatic nitrogens is 1. The minimum absolute atomic E-state index is 0.124. The molecule has 0 atom stereocenters. The summed E-state index contributed by atoms with van der Waals surface area (Å²) in [7, 11) is -2.02. The second-order valence-corrected chi connectivity index (χ2v) is 6.83. The molecule has 1 aromatic carbocycles. The van der Waals surface area contributed by atoms with Gasteiger partial charge in [0.1, 0.15) is 5.82 Å². The van der Waals surface area contributed by atoms with E-state index in [1.54, 1.807) is 25.2 Å². The van der Waals surface area contributed by atoms with Gasteiger partial charge in [-0.05, 0) is 40.2 Å².